The minimum atomic E-state index is -2.22. The van der Waals surface area contributed by atoms with E-state index in [4.69, 9.17) is 33.4 Å². The number of nitrogens with zero attached hydrogens (tertiary/aromatic N) is 4. The summed E-state index contributed by atoms with van der Waals surface area (Å²) in [6.45, 7) is 15.0. The molecule has 1 saturated heterocycles. The summed E-state index contributed by atoms with van der Waals surface area (Å²) in [6.07, 6.45) is 5.01. The molecule has 3 saturated carbocycles. The first-order valence-corrected chi connectivity index (χ1v) is 24.5. The van der Waals surface area contributed by atoms with Crippen LogP contribution in [-0.4, -0.2) is 125 Å². The molecule has 5 N–H and O–H groups in total. The molecule has 7 unspecified atom stereocenters. The second-order valence-electron chi connectivity index (χ2n) is 20.9. The highest BCUT2D eigenvalue weighted by Crippen LogP contribution is 2.68. The molecular formula is C54H64N4O14. The van der Waals surface area contributed by atoms with Crippen molar-refractivity contribution in [3.63, 3.8) is 0 Å². The minimum Gasteiger partial charge on any atom is -0.482 e. The molecular weight excluding hydrogens is 929 g/mol. The summed E-state index contributed by atoms with van der Waals surface area (Å²) in [5.41, 5.74) is -0.635. The number of methoxy groups -OCH3 is 1. The fourth-order valence-electron chi connectivity index (χ4n) is 11.6. The van der Waals surface area contributed by atoms with Crippen LogP contribution in [0.3, 0.4) is 0 Å². The maximum Gasteiger partial charge on any atom is 0.343 e. The number of fused-ring (bicyclic) bond motifs is 6. The Balaban J connectivity index is 1.25. The minimum absolute atomic E-state index is 0.0642. The molecule has 3 aromatic rings. The molecule has 4 fully saturated rings. The zero-order valence-corrected chi connectivity index (χ0v) is 42.0. The molecule has 4 aliphatic heterocycles. The number of aliphatic hydroxyl groups excluding tert-OH is 4. The lowest BCUT2D eigenvalue weighted by atomic mass is 9.43. The fraction of sp³-hybridized carbons (Fsp3) is 0.519. The Hall–Kier alpha value is -6.02. The number of Topliss-reactive ketones (excluding diaryl/α,β-unsaturated/α-hetero) is 1. The van der Waals surface area contributed by atoms with Crippen molar-refractivity contribution in [2.75, 3.05) is 13.7 Å². The summed E-state index contributed by atoms with van der Waals surface area (Å²) in [5, 5.41) is 59.1. The van der Waals surface area contributed by atoms with Gasteiger partial charge in [-0.2, -0.15) is 10.1 Å². The van der Waals surface area contributed by atoms with E-state index in [0.717, 1.165) is 11.1 Å². The number of ketones is 1. The van der Waals surface area contributed by atoms with E-state index < -0.39 is 95.6 Å². The lowest BCUT2D eigenvalue weighted by Gasteiger charge is -2.67. The molecule has 1 aromatic heterocycles. The number of ether oxygens (including phenoxy) is 6. The van der Waals surface area contributed by atoms with Crippen LogP contribution in [0.25, 0.3) is 6.08 Å². The summed E-state index contributed by atoms with van der Waals surface area (Å²) < 4.78 is 39.4. The van der Waals surface area contributed by atoms with Crippen molar-refractivity contribution in [2.45, 2.75) is 141 Å². The summed E-state index contributed by atoms with van der Waals surface area (Å²) >= 11 is 0. The zero-order chi connectivity index (χ0) is 51.8. The van der Waals surface area contributed by atoms with Crippen LogP contribution in [0.4, 0.5) is 5.95 Å². The average molecular weight is 993 g/mol. The second-order valence-corrected chi connectivity index (χ2v) is 20.9. The number of rotatable bonds is 14. The van der Waals surface area contributed by atoms with Crippen molar-refractivity contribution < 1.29 is 68.3 Å². The van der Waals surface area contributed by atoms with E-state index in [1.54, 1.807) is 11.6 Å². The first kappa shape index (κ1) is 50.9. The summed E-state index contributed by atoms with van der Waals surface area (Å²) in [5.74, 6) is -3.12. The monoisotopic (exact) mass is 992 g/mol. The average Bonchev–Trinajstić information content (AvgIpc) is 3.83. The van der Waals surface area contributed by atoms with Crippen molar-refractivity contribution in [2.24, 2.45) is 28.7 Å². The molecule has 5 heterocycles. The number of aromatic nitrogens is 3. The molecule has 7 aliphatic rings. The lowest BCUT2D eigenvalue weighted by Crippen LogP contribution is -2.82. The fourth-order valence-corrected chi connectivity index (χ4v) is 11.6. The van der Waals surface area contributed by atoms with Crippen molar-refractivity contribution in [3.8, 4) is 23.0 Å². The molecule has 384 valence electrons. The third-order valence-electron chi connectivity index (χ3n) is 15.3. The Bertz CT molecular complexity index is 2820. The highest BCUT2D eigenvalue weighted by atomic mass is 16.7. The van der Waals surface area contributed by atoms with E-state index in [-0.39, 0.29) is 53.1 Å². The number of carbonyl (C=O) groups excluding carboxylic acids is 3. The van der Waals surface area contributed by atoms with Crippen molar-refractivity contribution in [1.82, 2.24) is 14.8 Å². The van der Waals surface area contributed by atoms with Crippen LogP contribution in [0.15, 0.2) is 76.6 Å². The van der Waals surface area contributed by atoms with Gasteiger partial charge in [0.05, 0.1) is 48.1 Å². The van der Waals surface area contributed by atoms with Crippen LogP contribution in [-0.2, 0) is 25.5 Å². The topological polar surface area (TPSA) is 251 Å². The number of hydrogen-bond acceptors (Lipinski definition) is 17. The van der Waals surface area contributed by atoms with Gasteiger partial charge in [-0.3, -0.25) is 4.79 Å². The van der Waals surface area contributed by atoms with Gasteiger partial charge in [-0.15, -0.1) is 0 Å². The molecule has 1 spiro atoms. The van der Waals surface area contributed by atoms with Crippen molar-refractivity contribution in [1.29, 1.82) is 0 Å². The van der Waals surface area contributed by atoms with Crippen LogP contribution in [0.1, 0.15) is 114 Å². The van der Waals surface area contributed by atoms with Gasteiger partial charge in [0.25, 0.3) is 0 Å². The van der Waals surface area contributed by atoms with Gasteiger partial charge >= 0.3 is 11.9 Å². The number of hydrogen-bond donors (Lipinski definition) is 5. The van der Waals surface area contributed by atoms with Crippen LogP contribution in [0.5, 0.6) is 23.0 Å². The Morgan fingerprint density at radius 2 is 1.69 bits per heavy atom. The molecule has 18 heteroatoms. The van der Waals surface area contributed by atoms with E-state index >= 15 is 4.79 Å². The number of aliphatic hydroxyl groups is 5. The van der Waals surface area contributed by atoms with E-state index in [0.29, 0.717) is 47.4 Å². The van der Waals surface area contributed by atoms with Gasteiger partial charge in [-0.05, 0) is 110 Å². The quantitative estimate of drug-likeness (QED) is 0.0568. The maximum atomic E-state index is 15.3. The van der Waals surface area contributed by atoms with Gasteiger partial charge in [0.1, 0.15) is 53.6 Å². The predicted octanol–water partition coefficient (Wildman–Crippen LogP) is 5.63. The number of esters is 2. The largest absolute Gasteiger partial charge is 0.482 e. The van der Waals surface area contributed by atoms with Crippen molar-refractivity contribution in [3.05, 3.63) is 93.9 Å². The maximum absolute atomic E-state index is 15.3. The van der Waals surface area contributed by atoms with Crippen LogP contribution in [0, 0.1) is 23.7 Å². The molecule has 0 radical (unpaired) electrons. The lowest BCUT2D eigenvalue weighted by molar-refractivity contribution is -0.277. The first-order valence-electron chi connectivity index (χ1n) is 24.5. The van der Waals surface area contributed by atoms with E-state index in [9.17, 15) is 35.1 Å². The molecule has 3 aliphatic carbocycles. The molecule has 72 heavy (non-hydrogen) atoms. The van der Waals surface area contributed by atoms with E-state index in [2.05, 4.69) is 16.2 Å². The highest BCUT2D eigenvalue weighted by molar-refractivity contribution is 6.14. The molecule has 2 aromatic carbocycles. The van der Waals surface area contributed by atoms with Gasteiger partial charge in [0, 0.05) is 29.4 Å². The van der Waals surface area contributed by atoms with E-state index in [1.807, 2.05) is 66.7 Å². The van der Waals surface area contributed by atoms with Crippen LogP contribution in [0.2, 0.25) is 0 Å². The van der Waals surface area contributed by atoms with Crippen molar-refractivity contribution >= 4 is 35.5 Å². The summed E-state index contributed by atoms with van der Waals surface area (Å²) in [7, 11) is 1.27. The Morgan fingerprint density at radius 1 is 0.972 bits per heavy atom. The number of aliphatic imine (C=N–C) groups is 1. The molecule has 0 amide bonds. The summed E-state index contributed by atoms with van der Waals surface area (Å²) in [4.78, 5) is 52.7. The van der Waals surface area contributed by atoms with Gasteiger partial charge in [-0.25, -0.2) is 19.3 Å². The third kappa shape index (κ3) is 8.29. The molecule has 10 rings (SSSR count). The van der Waals surface area contributed by atoms with E-state index in [1.165, 1.54) is 43.8 Å². The van der Waals surface area contributed by atoms with Gasteiger partial charge in [-0.1, -0.05) is 43.2 Å². The second kappa shape index (κ2) is 19.1. The van der Waals surface area contributed by atoms with Crippen LogP contribution >= 0.6 is 0 Å². The Morgan fingerprint density at radius 3 is 2.36 bits per heavy atom. The molecule has 18 nitrogen and oxygen atoms in total. The molecule has 2 bridgehead atoms. The van der Waals surface area contributed by atoms with Gasteiger partial charge < -0.3 is 54.0 Å². The third-order valence-corrected chi connectivity index (χ3v) is 15.3. The predicted molar refractivity (Wildman–Crippen MR) is 261 cm³/mol. The number of benzene rings is 2. The standard InChI is InChI=1S/C54H64N4O14/c1-26(2)11-10-20-52(8)21-19-33-44(71-52)32(17-12-27(3)4)46-37(45(33)70-49(65)30-13-15-31(16-14-30)68-50-43(62)42(61)41(60)36(24-59)69-50)39-38-40(58-51(57-39)55-25-56-58)34-23-35(28(5)6)54(38,72-46)53(66,47(34)63)22-18-29(7)48(64)67-9/h11-16,18-19,21,25,28,34-36,38,40-43,50,59-62,66H,10,17,20,22-24H2,1-9H3/t34?,35?,36-,38?,40?,41-,42+,43-,50-,52?,53?,54?/m1/s1. The first-order chi connectivity index (χ1) is 34.2. The number of carbonyl (C=O) groups is 3. The summed E-state index contributed by atoms with van der Waals surface area (Å²) in [6, 6.07) is 5.06. The highest BCUT2D eigenvalue weighted by Gasteiger charge is 2.79. The smallest absolute Gasteiger partial charge is 0.343 e. The SMILES string of the molecule is COC(=O)C(C)=CCC1(O)C(=O)C2CC(C(C)C)C13Oc1c(CC=C(C)C)c4c(c(OC(=O)c5ccc(O[C@@H]6O[C@H](CO)[C@@H](O)[C@H](O)[C@H]6O)cc5)c1C1=Nc5ncnn5C2C13)C=CC(C)(CCC=C(C)C)O4. The Kier molecular flexibility index (Phi) is 13.5. The van der Waals surface area contributed by atoms with Gasteiger partial charge in [0.15, 0.2) is 22.7 Å². The molecule has 12 atom stereocenters. The normalized spacial score (nSPS) is 31.7. The van der Waals surface area contributed by atoms with Gasteiger partial charge in [0.2, 0.25) is 12.2 Å². The Labute approximate surface area is 417 Å². The zero-order valence-electron chi connectivity index (χ0n) is 42.0. The number of allylic oxidation sites excluding steroid dienone is 4. The van der Waals surface area contributed by atoms with Crippen LogP contribution < -0.4 is 18.9 Å².